The summed E-state index contributed by atoms with van der Waals surface area (Å²) in [4.78, 5) is 0.870. The molecule has 5 nitrogen and oxygen atoms in total. The van der Waals surface area contributed by atoms with E-state index in [1.807, 2.05) is 0 Å². The number of morpholine rings is 2. The summed E-state index contributed by atoms with van der Waals surface area (Å²) in [6, 6.07) is -6.69. The third-order valence-electron chi connectivity index (χ3n) is 6.05. The Morgan fingerprint density at radius 3 is 1.12 bits per heavy atom. The molecule has 0 aromatic heterocycles. The van der Waals surface area contributed by atoms with E-state index in [2.05, 4.69) is 4.74 Å². The molecule has 33 heavy (non-hydrogen) atoms. The molecule has 4 atom stereocenters. The third-order valence-corrected chi connectivity index (χ3v) is 6.05. The molecule has 3 saturated heterocycles. The van der Waals surface area contributed by atoms with Crippen molar-refractivity contribution in [3.05, 3.63) is 0 Å². The van der Waals surface area contributed by atoms with Gasteiger partial charge in [0.2, 0.25) is 0 Å². The van der Waals surface area contributed by atoms with Crippen LogP contribution in [0, 0.1) is 0 Å². The number of hydrogen-bond acceptors (Lipinski definition) is 5. The summed E-state index contributed by atoms with van der Waals surface area (Å²) in [6.07, 6.45) is -18.0. The number of halogens is 10. The fraction of sp³-hybridized carbons (Fsp3) is 1.00. The molecular weight excluding hydrogens is 482 g/mol. The van der Waals surface area contributed by atoms with Crippen molar-refractivity contribution in [3.8, 4) is 0 Å². The van der Waals surface area contributed by atoms with Gasteiger partial charge < -0.3 is 14.2 Å². The van der Waals surface area contributed by atoms with E-state index in [1.165, 1.54) is 0 Å². The smallest absolute Gasteiger partial charge is 0.379 e. The lowest BCUT2D eigenvalue weighted by Gasteiger charge is -2.42. The molecule has 15 heteroatoms. The van der Waals surface area contributed by atoms with Crippen LogP contribution < -0.4 is 0 Å². The minimum atomic E-state index is -5.44. The van der Waals surface area contributed by atoms with E-state index >= 15 is 17.6 Å². The number of ether oxygens (including phenoxy) is 3. The van der Waals surface area contributed by atoms with Gasteiger partial charge >= 0.3 is 12.4 Å². The molecular formula is C18H24F10N2O3. The lowest BCUT2D eigenvalue weighted by molar-refractivity contribution is -0.298. The molecule has 0 aromatic carbocycles. The minimum Gasteiger partial charge on any atom is -0.379 e. The van der Waals surface area contributed by atoms with Crippen LogP contribution in [0.2, 0.25) is 0 Å². The molecule has 3 aliphatic rings. The van der Waals surface area contributed by atoms with Crippen molar-refractivity contribution in [3.63, 3.8) is 0 Å². The van der Waals surface area contributed by atoms with Gasteiger partial charge in [0.25, 0.3) is 11.8 Å². The molecule has 0 spiro atoms. The van der Waals surface area contributed by atoms with Crippen LogP contribution in [0.15, 0.2) is 0 Å². The third kappa shape index (κ3) is 5.68. The van der Waals surface area contributed by atoms with Crippen molar-refractivity contribution in [1.29, 1.82) is 0 Å². The van der Waals surface area contributed by atoms with Gasteiger partial charge in [-0.1, -0.05) is 0 Å². The van der Waals surface area contributed by atoms with E-state index in [1.54, 1.807) is 0 Å². The summed E-state index contributed by atoms with van der Waals surface area (Å²) in [5.41, 5.74) is 0. The van der Waals surface area contributed by atoms with Crippen molar-refractivity contribution in [2.75, 3.05) is 52.6 Å². The van der Waals surface area contributed by atoms with Gasteiger partial charge in [-0.2, -0.15) is 26.3 Å². The van der Waals surface area contributed by atoms with E-state index in [4.69, 9.17) is 9.47 Å². The standard InChI is InChI=1S/C18H24F10N2O3/c19-15(20,13(17(23,24)25)29-3-7-31-8-4-29)11-1-2-12(33-11)16(21,22)14(18(26,27)28)30-5-9-32-10-6-30/h11-14H,1-10H2. The van der Waals surface area contributed by atoms with E-state index in [0.717, 1.165) is 0 Å². The maximum Gasteiger partial charge on any atom is 0.410 e. The van der Waals surface area contributed by atoms with Gasteiger partial charge in [0.15, 0.2) is 12.1 Å². The Kier molecular flexibility index (Phi) is 7.79. The highest BCUT2D eigenvalue weighted by atomic mass is 19.4. The van der Waals surface area contributed by atoms with Crippen LogP contribution in [0.25, 0.3) is 0 Å². The molecule has 3 heterocycles. The van der Waals surface area contributed by atoms with Crippen LogP contribution in [0.5, 0.6) is 0 Å². The monoisotopic (exact) mass is 506 g/mol. The van der Waals surface area contributed by atoms with Crippen LogP contribution in [0.3, 0.4) is 0 Å². The first-order valence-corrected chi connectivity index (χ1v) is 10.3. The zero-order valence-corrected chi connectivity index (χ0v) is 17.3. The second-order valence-electron chi connectivity index (χ2n) is 8.22. The summed E-state index contributed by atoms with van der Waals surface area (Å²) in [7, 11) is 0. The van der Waals surface area contributed by atoms with E-state index in [9.17, 15) is 26.3 Å². The van der Waals surface area contributed by atoms with E-state index in [0.29, 0.717) is 9.80 Å². The minimum absolute atomic E-state index is 0.234. The zero-order chi connectivity index (χ0) is 24.7. The molecule has 0 amide bonds. The Hall–Kier alpha value is -0.900. The average molecular weight is 506 g/mol. The molecule has 0 aliphatic carbocycles. The van der Waals surface area contributed by atoms with Crippen LogP contribution in [-0.4, -0.2) is 111 Å². The van der Waals surface area contributed by atoms with E-state index in [-0.39, 0.29) is 26.4 Å². The van der Waals surface area contributed by atoms with Crippen molar-refractivity contribution in [1.82, 2.24) is 9.80 Å². The highest BCUT2D eigenvalue weighted by Crippen LogP contribution is 2.48. The molecule has 0 bridgehead atoms. The highest BCUT2D eigenvalue weighted by molar-refractivity contribution is 5.04. The number of nitrogens with zero attached hydrogens (tertiary/aromatic N) is 2. The van der Waals surface area contributed by atoms with Crippen LogP contribution in [-0.2, 0) is 14.2 Å². The first kappa shape index (κ1) is 26.7. The summed E-state index contributed by atoms with van der Waals surface area (Å²) in [5.74, 6) is -9.35. The number of rotatable bonds is 6. The number of hydrogen-bond donors (Lipinski definition) is 0. The molecule has 0 N–H and O–H groups in total. The summed E-state index contributed by atoms with van der Waals surface area (Å²) >= 11 is 0. The van der Waals surface area contributed by atoms with E-state index < -0.39 is 87.5 Å². The lowest BCUT2D eigenvalue weighted by Crippen LogP contribution is -2.64. The second-order valence-corrected chi connectivity index (χ2v) is 8.22. The van der Waals surface area contributed by atoms with Crippen LogP contribution in [0.1, 0.15) is 12.8 Å². The molecule has 0 aromatic rings. The fourth-order valence-electron chi connectivity index (χ4n) is 4.56. The molecule has 3 fully saturated rings. The summed E-state index contributed by atoms with van der Waals surface area (Å²) in [6.45, 7) is -2.83. The number of alkyl halides is 10. The molecule has 0 saturated carbocycles. The summed E-state index contributed by atoms with van der Waals surface area (Å²) in [5, 5.41) is 0. The summed E-state index contributed by atoms with van der Waals surface area (Å²) < 4.78 is 156. The zero-order valence-electron chi connectivity index (χ0n) is 17.3. The van der Waals surface area contributed by atoms with Gasteiger partial charge in [0.05, 0.1) is 26.4 Å². The van der Waals surface area contributed by atoms with Gasteiger partial charge in [0, 0.05) is 26.2 Å². The molecule has 3 aliphatic heterocycles. The second kappa shape index (κ2) is 9.63. The lowest BCUT2D eigenvalue weighted by atomic mass is 9.96. The van der Waals surface area contributed by atoms with Gasteiger partial charge in [-0.3, -0.25) is 9.80 Å². The molecule has 194 valence electrons. The Balaban J connectivity index is 1.81. The largest absolute Gasteiger partial charge is 0.410 e. The van der Waals surface area contributed by atoms with Crippen molar-refractivity contribution in [2.45, 2.75) is 61.3 Å². The maximum absolute atomic E-state index is 15.0. The highest BCUT2D eigenvalue weighted by Gasteiger charge is 2.68. The Labute approximate surface area is 182 Å². The van der Waals surface area contributed by atoms with Crippen LogP contribution >= 0.6 is 0 Å². The Bertz CT molecular complexity index is 594. The van der Waals surface area contributed by atoms with Crippen molar-refractivity contribution in [2.24, 2.45) is 0 Å². The predicted octanol–water partition coefficient (Wildman–Crippen LogP) is 3.33. The SMILES string of the molecule is FC(F)(F)C(N1CCOCC1)C(F)(F)C1CCC(C(F)(F)C(N2CCOCC2)C(F)(F)F)O1. The normalized spacial score (nSPS) is 29.3. The predicted molar refractivity (Wildman–Crippen MR) is 92.3 cm³/mol. The van der Waals surface area contributed by atoms with Gasteiger partial charge in [-0.15, -0.1) is 0 Å². The van der Waals surface area contributed by atoms with Crippen molar-refractivity contribution >= 4 is 0 Å². The molecule has 0 radical (unpaired) electrons. The fourth-order valence-corrected chi connectivity index (χ4v) is 4.56. The van der Waals surface area contributed by atoms with Crippen molar-refractivity contribution < 1.29 is 58.1 Å². The quantitative estimate of drug-likeness (QED) is 0.517. The van der Waals surface area contributed by atoms with Gasteiger partial charge in [-0.25, -0.2) is 17.6 Å². The first-order valence-electron chi connectivity index (χ1n) is 10.3. The Morgan fingerprint density at radius 2 is 0.848 bits per heavy atom. The Morgan fingerprint density at radius 1 is 0.545 bits per heavy atom. The molecule has 4 unspecified atom stereocenters. The average Bonchev–Trinajstić information content (AvgIpc) is 3.19. The van der Waals surface area contributed by atoms with Crippen LogP contribution in [0.4, 0.5) is 43.9 Å². The van der Waals surface area contributed by atoms with Gasteiger partial charge in [0.1, 0.15) is 12.2 Å². The first-order chi connectivity index (χ1) is 15.2. The van der Waals surface area contributed by atoms with Gasteiger partial charge in [-0.05, 0) is 12.8 Å². The molecule has 3 rings (SSSR count). The maximum atomic E-state index is 15.0. The topological polar surface area (TPSA) is 34.2 Å².